The standard InChI is InChI=1S/C20H19ClN4O4S2/c1-13-2-3-15(12-17(13)31(27,28)25-8-10-29-11-9-25)18(26)22-20-24-23-19(30-20)14-4-6-16(21)7-5-14/h2-7,12H,8-11H2,1H3,(H,22,24,26). The Bertz CT molecular complexity index is 1210. The van der Waals surface area contributed by atoms with Crippen molar-refractivity contribution in [1.29, 1.82) is 0 Å². The number of hydrogen-bond donors (Lipinski definition) is 1. The molecular weight excluding hydrogens is 460 g/mol. The van der Waals surface area contributed by atoms with Crippen molar-refractivity contribution >= 4 is 44.0 Å². The van der Waals surface area contributed by atoms with Gasteiger partial charge in [0.1, 0.15) is 5.01 Å². The van der Waals surface area contributed by atoms with E-state index >= 15 is 0 Å². The van der Waals surface area contributed by atoms with Crippen LogP contribution in [0.4, 0.5) is 5.13 Å². The van der Waals surface area contributed by atoms with Gasteiger partial charge in [-0.2, -0.15) is 4.31 Å². The van der Waals surface area contributed by atoms with Crippen LogP contribution in [-0.2, 0) is 14.8 Å². The largest absolute Gasteiger partial charge is 0.379 e. The number of morpholine rings is 1. The monoisotopic (exact) mass is 478 g/mol. The molecule has 162 valence electrons. The van der Waals surface area contributed by atoms with Gasteiger partial charge >= 0.3 is 0 Å². The average Bonchev–Trinajstić information content (AvgIpc) is 3.23. The lowest BCUT2D eigenvalue weighted by atomic mass is 10.1. The van der Waals surface area contributed by atoms with Crippen LogP contribution in [-0.4, -0.2) is 55.1 Å². The van der Waals surface area contributed by atoms with Gasteiger partial charge in [0.05, 0.1) is 18.1 Å². The summed E-state index contributed by atoms with van der Waals surface area (Å²) in [6.45, 7) is 2.99. The first-order valence-corrected chi connectivity index (χ1v) is 12.1. The maximum atomic E-state index is 13.0. The van der Waals surface area contributed by atoms with Gasteiger partial charge < -0.3 is 4.74 Å². The number of aryl methyl sites for hydroxylation is 1. The summed E-state index contributed by atoms with van der Waals surface area (Å²) >= 11 is 7.12. The highest BCUT2D eigenvalue weighted by molar-refractivity contribution is 7.89. The second-order valence-electron chi connectivity index (χ2n) is 6.87. The highest BCUT2D eigenvalue weighted by Gasteiger charge is 2.28. The normalized spacial score (nSPS) is 15.0. The van der Waals surface area contributed by atoms with Crippen molar-refractivity contribution in [2.45, 2.75) is 11.8 Å². The molecule has 0 atom stereocenters. The van der Waals surface area contributed by atoms with Crippen molar-refractivity contribution in [2.75, 3.05) is 31.6 Å². The molecule has 0 bridgehead atoms. The molecule has 3 aromatic rings. The molecule has 1 amide bonds. The van der Waals surface area contributed by atoms with Crippen LogP contribution in [0.5, 0.6) is 0 Å². The fraction of sp³-hybridized carbons (Fsp3) is 0.250. The Balaban J connectivity index is 1.54. The summed E-state index contributed by atoms with van der Waals surface area (Å²) in [6, 6.07) is 11.7. The van der Waals surface area contributed by atoms with Crippen LogP contribution in [0.25, 0.3) is 10.6 Å². The molecule has 1 N–H and O–H groups in total. The van der Waals surface area contributed by atoms with Crippen LogP contribution in [0.15, 0.2) is 47.4 Å². The predicted octanol–water partition coefficient (Wildman–Crippen LogP) is 3.44. The topological polar surface area (TPSA) is 101 Å². The number of sulfonamides is 1. The third-order valence-corrected chi connectivity index (χ3v) is 7.96. The number of amides is 1. The minimum atomic E-state index is -3.72. The SMILES string of the molecule is Cc1ccc(C(=O)Nc2nnc(-c3ccc(Cl)cc3)s2)cc1S(=O)(=O)N1CCOCC1. The van der Waals surface area contributed by atoms with Gasteiger partial charge in [-0.3, -0.25) is 10.1 Å². The Kier molecular flexibility index (Phi) is 6.35. The van der Waals surface area contributed by atoms with Gasteiger partial charge in [0.25, 0.3) is 5.91 Å². The number of halogens is 1. The van der Waals surface area contributed by atoms with E-state index in [1.165, 1.54) is 21.7 Å². The van der Waals surface area contributed by atoms with E-state index in [1.807, 2.05) is 12.1 Å². The summed E-state index contributed by atoms with van der Waals surface area (Å²) in [4.78, 5) is 12.9. The summed E-state index contributed by atoms with van der Waals surface area (Å²) in [5.41, 5.74) is 1.63. The predicted molar refractivity (Wildman–Crippen MR) is 119 cm³/mol. The number of ether oxygens (including phenoxy) is 1. The van der Waals surface area contributed by atoms with Gasteiger partial charge in [-0.25, -0.2) is 8.42 Å². The highest BCUT2D eigenvalue weighted by atomic mass is 35.5. The molecule has 1 fully saturated rings. The molecule has 4 rings (SSSR count). The number of nitrogens with zero attached hydrogens (tertiary/aromatic N) is 3. The zero-order valence-electron chi connectivity index (χ0n) is 16.5. The highest BCUT2D eigenvalue weighted by Crippen LogP contribution is 2.28. The fourth-order valence-corrected chi connectivity index (χ4v) is 5.63. The molecule has 11 heteroatoms. The third-order valence-electron chi connectivity index (χ3n) is 4.77. The van der Waals surface area contributed by atoms with Gasteiger partial charge in [0.15, 0.2) is 0 Å². The van der Waals surface area contributed by atoms with Crippen molar-refractivity contribution in [3.05, 3.63) is 58.6 Å². The minimum absolute atomic E-state index is 0.112. The number of rotatable bonds is 5. The molecule has 2 aromatic carbocycles. The molecule has 1 aliphatic rings. The van der Waals surface area contributed by atoms with Crippen LogP contribution in [0.1, 0.15) is 15.9 Å². The molecular formula is C20H19ClN4O4S2. The first-order valence-electron chi connectivity index (χ1n) is 9.44. The maximum Gasteiger partial charge on any atom is 0.257 e. The summed E-state index contributed by atoms with van der Waals surface area (Å²) in [5, 5.41) is 12.3. The van der Waals surface area contributed by atoms with Crippen LogP contribution in [0.2, 0.25) is 5.02 Å². The van der Waals surface area contributed by atoms with E-state index in [4.69, 9.17) is 16.3 Å². The fourth-order valence-electron chi connectivity index (χ4n) is 3.10. The summed E-state index contributed by atoms with van der Waals surface area (Å²) in [5.74, 6) is -0.461. The van der Waals surface area contributed by atoms with E-state index in [0.29, 0.717) is 33.9 Å². The first-order chi connectivity index (χ1) is 14.8. The third kappa shape index (κ3) is 4.78. The zero-order valence-corrected chi connectivity index (χ0v) is 18.9. The van der Waals surface area contributed by atoms with Crippen molar-refractivity contribution < 1.29 is 17.9 Å². The van der Waals surface area contributed by atoms with E-state index in [9.17, 15) is 13.2 Å². The summed E-state index contributed by atoms with van der Waals surface area (Å²) < 4.78 is 32.7. The second-order valence-corrected chi connectivity index (χ2v) is 10.2. The Labute approximate surface area is 188 Å². The molecule has 2 heterocycles. The quantitative estimate of drug-likeness (QED) is 0.602. The van der Waals surface area contributed by atoms with E-state index < -0.39 is 15.9 Å². The average molecular weight is 479 g/mol. The number of benzene rings is 2. The molecule has 1 aliphatic heterocycles. The van der Waals surface area contributed by atoms with E-state index in [-0.39, 0.29) is 23.5 Å². The lowest BCUT2D eigenvalue weighted by molar-refractivity contribution is 0.0730. The Morgan fingerprint density at radius 2 is 1.84 bits per heavy atom. The van der Waals surface area contributed by atoms with Crippen molar-refractivity contribution in [3.63, 3.8) is 0 Å². The van der Waals surface area contributed by atoms with E-state index in [1.54, 1.807) is 31.2 Å². The van der Waals surface area contributed by atoms with E-state index in [2.05, 4.69) is 15.5 Å². The van der Waals surface area contributed by atoms with Crippen molar-refractivity contribution in [2.24, 2.45) is 0 Å². The minimum Gasteiger partial charge on any atom is -0.379 e. The smallest absolute Gasteiger partial charge is 0.257 e. The molecule has 1 saturated heterocycles. The Morgan fingerprint density at radius 3 is 2.55 bits per heavy atom. The zero-order chi connectivity index (χ0) is 22.0. The first kappa shape index (κ1) is 21.8. The molecule has 0 spiro atoms. The van der Waals surface area contributed by atoms with Crippen LogP contribution in [0, 0.1) is 6.92 Å². The van der Waals surface area contributed by atoms with Gasteiger partial charge in [-0.1, -0.05) is 41.1 Å². The van der Waals surface area contributed by atoms with Gasteiger partial charge in [0.2, 0.25) is 15.2 Å². The number of aromatic nitrogens is 2. The van der Waals surface area contributed by atoms with E-state index in [0.717, 1.165) is 5.56 Å². The molecule has 8 nitrogen and oxygen atoms in total. The summed E-state index contributed by atoms with van der Waals surface area (Å²) in [7, 11) is -3.72. The van der Waals surface area contributed by atoms with Crippen molar-refractivity contribution in [3.8, 4) is 10.6 Å². The Morgan fingerprint density at radius 1 is 1.13 bits per heavy atom. The lowest BCUT2D eigenvalue weighted by Crippen LogP contribution is -2.40. The maximum absolute atomic E-state index is 13.0. The number of hydrogen-bond acceptors (Lipinski definition) is 7. The lowest BCUT2D eigenvalue weighted by Gasteiger charge is -2.26. The van der Waals surface area contributed by atoms with Crippen LogP contribution < -0.4 is 5.32 Å². The molecule has 0 unspecified atom stereocenters. The van der Waals surface area contributed by atoms with Gasteiger partial charge in [-0.05, 0) is 36.8 Å². The Hall–Kier alpha value is -2.37. The summed E-state index contributed by atoms with van der Waals surface area (Å²) in [6.07, 6.45) is 0. The number of anilines is 1. The van der Waals surface area contributed by atoms with Gasteiger partial charge in [0, 0.05) is 29.2 Å². The molecule has 0 saturated carbocycles. The molecule has 31 heavy (non-hydrogen) atoms. The van der Waals surface area contributed by atoms with Gasteiger partial charge in [-0.15, -0.1) is 10.2 Å². The number of carbonyl (C=O) groups excluding carboxylic acids is 1. The van der Waals surface area contributed by atoms with Crippen LogP contribution in [0.3, 0.4) is 0 Å². The van der Waals surface area contributed by atoms with Crippen molar-refractivity contribution in [1.82, 2.24) is 14.5 Å². The molecule has 0 aliphatic carbocycles. The van der Waals surface area contributed by atoms with Crippen LogP contribution >= 0.6 is 22.9 Å². The number of carbonyl (C=O) groups is 1. The number of nitrogens with one attached hydrogen (secondary N) is 1. The second kappa shape index (κ2) is 9.01. The molecule has 0 radical (unpaired) electrons. The molecule has 1 aromatic heterocycles.